The van der Waals surface area contributed by atoms with E-state index in [1.165, 1.54) is 6.92 Å². The second-order valence-corrected chi connectivity index (χ2v) is 3.72. The van der Waals surface area contributed by atoms with Gasteiger partial charge in [-0.3, -0.25) is 4.79 Å². The van der Waals surface area contributed by atoms with Gasteiger partial charge in [0, 0.05) is 25.5 Å². The van der Waals surface area contributed by atoms with Gasteiger partial charge in [0.15, 0.2) is 0 Å². The van der Waals surface area contributed by atoms with Crippen LogP contribution in [0.3, 0.4) is 0 Å². The molecular formula is C14H17NO2. The van der Waals surface area contributed by atoms with Crippen molar-refractivity contribution in [1.29, 1.82) is 0 Å². The smallest absolute Gasteiger partial charge is 0.216 e. The van der Waals surface area contributed by atoms with E-state index in [1.54, 1.807) is 7.11 Å². The van der Waals surface area contributed by atoms with E-state index < -0.39 is 0 Å². The van der Waals surface area contributed by atoms with E-state index in [1.807, 2.05) is 25.1 Å². The summed E-state index contributed by atoms with van der Waals surface area (Å²) in [7, 11) is 1.64. The Labute approximate surface area is 102 Å². The van der Waals surface area contributed by atoms with E-state index >= 15 is 0 Å². The van der Waals surface area contributed by atoms with Gasteiger partial charge in [0.05, 0.1) is 7.11 Å². The highest BCUT2D eigenvalue weighted by molar-refractivity contribution is 5.72. The minimum Gasteiger partial charge on any atom is -0.497 e. The highest BCUT2D eigenvalue weighted by atomic mass is 16.5. The van der Waals surface area contributed by atoms with E-state index in [9.17, 15) is 4.79 Å². The van der Waals surface area contributed by atoms with Crippen LogP contribution in [-0.4, -0.2) is 19.6 Å². The first-order chi connectivity index (χ1) is 8.13. The van der Waals surface area contributed by atoms with Gasteiger partial charge in [-0.2, -0.15) is 0 Å². The van der Waals surface area contributed by atoms with Gasteiger partial charge in [0.1, 0.15) is 5.75 Å². The van der Waals surface area contributed by atoms with Gasteiger partial charge in [-0.15, -0.1) is 0 Å². The van der Waals surface area contributed by atoms with Crippen LogP contribution < -0.4 is 10.1 Å². The number of carbonyl (C=O) groups is 1. The molecule has 0 aromatic heterocycles. The van der Waals surface area contributed by atoms with E-state index in [4.69, 9.17) is 4.74 Å². The molecule has 1 aromatic carbocycles. The molecule has 1 amide bonds. The third-order valence-electron chi connectivity index (χ3n) is 2.29. The van der Waals surface area contributed by atoms with Gasteiger partial charge in [-0.25, -0.2) is 0 Å². The molecule has 1 rings (SSSR count). The maximum Gasteiger partial charge on any atom is 0.216 e. The molecule has 3 nitrogen and oxygen atoms in total. The van der Waals surface area contributed by atoms with Gasteiger partial charge in [-0.05, 0) is 24.6 Å². The topological polar surface area (TPSA) is 38.3 Å². The molecule has 0 aliphatic carbocycles. The summed E-state index contributed by atoms with van der Waals surface area (Å²) in [6.45, 7) is 4.10. The first-order valence-corrected chi connectivity index (χ1v) is 5.51. The van der Waals surface area contributed by atoms with Crippen LogP contribution in [0.5, 0.6) is 5.75 Å². The predicted molar refractivity (Wildman–Crippen MR) is 67.9 cm³/mol. The Bertz CT molecular complexity index is 455. The van der Waals surface area contributed by atoms with E-state index in [-0.39, 0.29) is 5.91 Å². The van der Waals surface area contributed by atoms with Crippen molar-refractivity contribution in [2.24, 2.45) is 0 Å². The molecule has 3 heteroatoms. The quantitative estimate of drug-likeness (QED) is 0.637. The lowest BCUT2D eigenvalue weighted by Gasteiger charge is -2.02. The molecule has 0 spiro atoms. The van der Waals surface area contributed by atoms with Crippen LogP contribution in [-0.2, 0) is 4.79 Å². The molecule has 1 aromatic rings. The molecule has 0 aliphatic rings. The summed E-state index contributed by atoms with van der Waals surface area (Å²) in [5.41, 5.74) is 2.09. The van der Waals surface area contributed by atoms with Crippen molar-refractivity contribution in [3.05, 3.63) is 29.3 Å². The standard InChI is InChI=1S/C14H17NO2/c1-11-7-8-14(17-3)10-13(11)6-4-5-9-15-12(2)16/h7-8,10H,5,9H2,1-3H3,(H,15,16). The predicted octanol–water partition coefficient (Wildman–Crippen LogP) is 1.88. The van der Waals surface area contributed by atoms with Crippen molar-refractivity contribution in [3.8, 4) is 17.6 Å². The van der Waals surface area contributed by atoms with Gasteiger partial charge in [0.2, 0.25) is 5.91 Å². The summed E-state index contributed by atoms with van der Waals surface area (Å²) < 4.78 is 5.14. The molecule has 0 unspecified atom stereocenters. The normalized spacial score (nSPS) is 9.12. The van der Waals surface area contributed by atoms with E-state index in [0.29, 0.717) is 13.0 Å². The van der Waals surface area contributed by atoms with E-state index in [0.717, 1.165) is 16.9 Å². The molecule has 0 saturated heterocycles. The number of aryl methyl sites for hydroxylation is 1. The highest BCUT2D eigenvalue weighted by Crippen LogP contribution is 2.15. The summed E-state index contributed by atoms with van der Waals surface area (Å²) in [6.07, 6.45) is 0.649. The molecule has 0 heterocycles. The van der Waals surface area contributed by atoms with Gasteiger partial charge in [-0.1, -0.05) is 17.9 Å². The zero-order valence-electron chi connectivity index (χ0n) is 10.5. The number of rotatable bonds is 3. The van der Waals surface area contributed by atoms with Crippen LogP contribution in [0.2, 0.25) is 0 Å². The summed E-state index contributed by atoms with van der Waals surface area (Å²) >= 11 is 0. The number of nitrogens with one attached hydrogen (secondary N) is 1. The number of ether oxygens (including phenoxy) is 1. The van der Waals surface area contributed by atoms with Crippen molar-refractivity contribution in [2.45, 2.75) is 20.3 Å². The molecular weight excluding hydrogens is 214 g/mol. The monoisotopic (exact) mass is 231 g/mol. The van der Waals surface area contributed by atoms with Crippen LogP contribution in [0, 0.1) is 18.8 Å². The van der Waals surface area contributed by atoms with Crippen LogP contribution in [0.25, 0.3) is 0 Å². The number of methoxy groups -OCH3 is 1. The molecule has 0 atom stereocenters. The van der Waals surface area contributed by atoms with Crippen molar-refractivity contribution in [1.82, 2.24) is 5.32 Å². The molecule has 0 fully saturated rings. The van der Waals surface area contributed by atoms with Gasteiger partial charge < -0.3 is 10.1 Å². The van der Waals surface area contributed by atoms with Crippen LogP contribution in [0.4, 0.5) is 0 Å². The minimum absolute atomic E-state index is 0.0237. The summed E-state index contributed by atoms with van der Waals surface area (Å²) in [5.74, 6) is 6.89. The SMILES string of the molecule is COc1ccc(C)c(C#CCCNC(C)=O)c1. The van der Waals surface area contributed by atoms with Crippen molar-refractivity contribution in [2.75, 3.05) is 13.7 Å². The van der Waals surface area contributed by atoms with Crippen molar-refractivity contribution < 1.29 is 9.53 Å². The maximum atomic E-state index is 10.6. The first-order valence-electron chi connectivity index (χ1n) is 5.51. The Morgan fingerprint density at radius 1 is 1.47 bits per heavy atom. The highest BCUT2D eigenvalue weighted by Gasteiger charge is 1.97. The van der Waals surface area contributed by atoms with Crippen LogP contribution in [0.1, 0.15) is 24.5 Å². The summed E-state index contributed by atoms with van der Waals surface area (Å²) in [4.78, 5) is 10.6. The van der Waals surface area contributed by atoms with Crippen LogP contribution >= 0.6 is 0 Å². The zero-order valence-corrected chi connectivity index (χ0v) is 10.5. The van der Waals surface area contributed by atoms with Crippen molar-refractivity contribution >= 4 is 5.91 Å². The second-order valence-electron chi connectivity index (χ2n) is 3.72. The molecule has 1 N–H and O–H groups in total. The number of carbonyl (C=O) groups excluding carboxylic acids is 1. The van der Waals surface area contributed by atoms with Crippen molar-refractivity contribution in [3.63, 3.8) is 0 Å². The largest absolute Gasteiger partial charge is 0.497 e. The fourth-order valence-corrected chi connectivity index (χ4v) is 1.32. The average Bonchev–Trinajstić information content (AvgIpc) is 2.30. The maximum absolute atomic E-state index is 10.6. The number of hydrogen-bond donors (Lipinski definition) is 1. The fraction of sp³-hybridized carbons (Fsp3) is 0.357. The zero-order chi connectivity index (χ0) is 12.7. The molecule has 0 aliphatic heterocycles. The summed E-state index contributed by atoms with van der Waals surface area (Å²) in [5, 5.41) is 2.70. The minimum atomic E-state index is -0.0237. The molecule has 0 saturated carbocycles. The lowest BCUT2D eigenvalue weighted by molar-refractivity contribution is -0.118. The number of amides is 1. The fourth-order valence-electron chi connectivity index (χ4n) is 1.32. The van der Waals surface area contributed by atoms with Gasteiger partial charge >= 0.3 is 0 Å². The van der Waals surface area contributed by atoms with Crippen LogP contribution in [0.15, 0.2) is 18.2 Å². The molecule has 90 valence electrons. The lowest BCUT2D eigenvalue weighted by Crippen LogP contribution is -2.20. The molecule has 0 radical (unpaired) electrons. The molecule has 17 heavy (non-hydrogen) atoms. The molecule has 0 bridgehead atoms. The summed E-state index contributed by atoms with van der Waals surface area (Å²) in [6, 6.07) is 5.81. The average molecular weight is 231 g/mol. The first kappa shape index (κ1) is 13.1. The van der Waals surface area contributed by atoms with E-state index in [2.05, 4.69) is 17.2 Å². The number of hydrogen-bond acceptors (Lipinski definition) is 2. The Balaban J connectivity index is 2.61. The Kier molecular flexibility index (Phi) is 5.09. The van der Waals surface area contributed by atoms with Gasteiger partial charge in [0.25, 0.3) is 0 Å². The Morgan fingerprint density at radius 2 is 2.24 bits per heavy atom. The second kappa shape index (κ2) is 6.59. The third-order valence-corrected chi connectivity index (χ3v) is 2.29. The Hall–Kier alpha value is -1.95. The Morgan fingerprint density at radius 3 is 2.88 bits per heavy atom. The third kappa shape index (κ3) is 4.60. The number of benzene rings is 1. The lowest BCUT2D eigenvalue weighted by atomic mass is 10.1.